The molecule has 0 rings (SSSR count). The Kier molecular flexibility index (Phi) is 21.8. The Balaban J connectivity index is 3.09. The first-order valence-corrected chi connectivity index (χ1v) is 10.7. The van der Waals surface area contributed by atoms with E-state index in [2.05, 4.69) is 13.8 Å². The van der Waals surface area contributed by atoms with Crippen LogP contribution in [0.4, 0.5) is 0 Å². The molecule has 0 radical (unpaired) electrons. The van der Waals surface area contributed by atoms with Crippen molar-refractivity contribution in [3.63, 3.8) is 0 Å². The van der Waals surface area contributed by atoms with Gasteiger partial charge in [-0.1, -0.05) is 58.8 Å². The summed E-state index contributed by atoms with van der Waals surface area (Å²) in [4.78, 5) is 11.5. The molecule has 156 valence electrons. The van der Waals surface area contributed by atoms with Crippen molar-refractivity contribution in [2.24, 2.45) is 0 Å². The third kappa shape index (κ3) is 21.4. The lowest BCUT2D eigenvalue weighted by Gasteiger charge is -2.07. The van der Waals surface area contributed by atoms with Gasteiger partial charge < -0.3 is 18.9 Å². The third-order valence-corrected chi connectivity index (χ3v) is 4.07. The molecule has 0 aliphatic heterocycles. The van der Waals surface area contributed by atoms with Gasteiger partial charge in [-0.15, -0.1) is 0 Å². The molecule has 0 unspecified atom stereocenters. The fourth-order valence-electron chi connectivity index (χ4n) is 2.46. The van der Waals surface area contributed by atoms with Crippen LogP contribution in [0.2, 0.25) is 0 Å². The fraction of sp³-hybridized carbons (Fsp3) is 0.952. The van der Waals surface area contributed by atoms with Crippen LogP contribution >= 0.6 is 0 Å². The van der Waals surface area contributed by atoms with Crippen LogP contribution in [0.5, 0.6) is 0 Å². The topological polar surface area (TPSA) is 54.0 Å². The standard InChI is InChI=1S/C21H42O5/c1-3-5-7-9-10-14-23-17-19-25-20-18-24-15-12-13-21(22)26-16-11-8-6-4-2/h3-20H2,1-2H3. The monoisotopic (exact) mass is 374 g/mol. The van der Waals surface area contributed by atoms with E-state index in [-0.39, 0.29) is 5.97 Å². The summed E-state index contributed by atoms with van der Waals surface area (Å²) in [6.07, 6.45) is 12.0. The van der Waals surface area contributed by atoms with E-state index in [9.17, 15) is 4.79 Å². The molecule has 0 aromatic carbocycles. The molecule has 0 bridgehead atoms. The van der Waals surface area contributed by atoms with E-state index < -0.39 is 0 Å². The molecule has 0 spiro atoms. The van der Waals surface area contributed by atoms with Gasteiger partial charge in [0.25, 0.3) is 0 Å². The van der Waals surface area contributed by atoms with Crippen molar-refractivity contribution in [2.75, 3.05) is 46.2 Å². The first kappa shape index (κ1) is 25.4. The van der Waals surface area contributed by atoms with Crippen LogP contribution in [-0.2, 0) is 23.7 Å². The highest BCUT2D eigenvalue weighted by Crippen LogP contribution is 2.02. The average molecular weight is 375 g/mol. The van der Waals surface area contributed by atoms with Gasteiger partial charge in [-0.3, -0.25) is 4.79 Å². The Morgan fingerprint density at radius 1 is 0.538 bits per heavy atom. The quantitative estimate of drug-likeness (QED) is 0.211. The molecular weight excluding hydrogens is 332 g/mol. The molecule has 0 N–H and O–H groups in total. The van der Waals surface area contributed by atoms with Gasteiger partial charge in [-0.05, 0) is 19.3 Å². The van der Waals surface area contributed by atoms with Crippen molar-refractivity contribution in [1.82, 2.24) is 0 Å². The van der Waals surface area contributed by atoms with Gasteiger partial charge in [0.15, 0.2) is 0 Å². The van der Waals surface area contributed by atoms with E-state index in [0.717, 1.165) is 25.9 Å². The molecule has 0 aliphatic rings. The van der Waals surface area contributed by atoms with E-state index in [4.69, 9.17) is 18.9 Å². The van der Waals surface area contributed by atoms with Crippen molar-refractivity contribution in [2.45, 2.75) is 84.5 Å². The van der Waals surface area contributed by atoms with Crippen LogP contribution in [0.25, 0.3) is 0 Å². The van der Waals surface area contributed by atoms with Gasteiger partial charge in [0.05, 0.1) is 33.0 Å². The number of unbranched alkanes of at least 4 members (excludes halogenated alkanes) is 7. The second kappa shape index (κ2) is 22.4. The molecule has 0 fully saturated rings. The van der Waals surface area contributed by atoms with Crippen molar-refractivity contribution >= 4 is 5.97 Å². The summed E-state index contributed by atoms with van der Waals surface area (Å²) in [5.74, 6) is -0.117. The predicted octanol–water partition coefficient (Wildman–Crippen LogP) is 4.91. The number of carbonyl (C=O) groups is 1. The van der Waals surface area contributed by atoms with E-state index in [0.29, 0.717) is 52.5 Å². The number of hydrogen-bond donors (Lipinski definition) is 0. The minimum Gasteiger partial charge on any atom is -0.466 e. The lowest BCUT2D eigenvalue weighted by atomic mass is 10.2. The summed E-state index contributed by atoms with van der Waals surface area (Å²) in [6, 6.07) is 0. The Labute approximate surface area is 161 Å². The number of carbonyl (C=O) groups excluding carboxylic acids is 1. The van der Waals surface area contributed by atoms with Gasteiger partial charge in [0.2, 0.25) is 0 Å². The first-order chi connectivity index (χ1) is 12.8. The maximum Gasteiger partial charge on any atom is 0.305 e. The second-order valence-electron chi connectivity index (χ2n) is 6.64. The molecule has 0 aliphatic carbocycles. The summed E-state index contributed by atoms with van der Waals surface area (Å²) in [5, 5.41) is 0. The average Bonchev–Trinajstić information content (AvgIpc) is 2.64. The molecule has 5 nitrogen and oxygen atoms in total. The van der Waals surface area contributed by atoms with Crippen molar-refractivity contribution in [3.05, 3.63) is 0 Å². The smallest absolute Gasteiger partial charge is 0.305 e. The zero-order chi connectivity index (χ0) is 19.1. The summed E-state index contributed by atoms with van der Waals surface area (Å²) in [6.45, 7) is 8.74. The van der Waals surface area contributed by atoms with Crippen LogP contribution in [-0.4, -0.2) is 52.2 Å². The lowest BCUT2D eigenvalue weighted by molar-refractivity contribution is -0.144. The minimum atomic E-state index is -0.117. The van der Waals surface area contributed by atoms with Gasteiger partial charge in [0, 0.05) is 19.6 Å². The van der Waals surface area contributed by atoms with Crippen LogP contribution in [0.15, 0.2) is 0 Å². The molecule has 5 heteroatoms. The molecule has 26 heavy (non-hydrogen) atoms. The number of rotatable bonds is 21. The molecular formula is C21H42O5. The largest absolute Gasteiger partial charge is 0.466 e. The third-order valence-electron chi connectivity index (χ3n) is 4.07. The Bertz CT molecular complexity index is 284. The molecule has 0 saturated heterocycles. The molecule has 0 aromatic rings. The zero-order valence-corrected chi connectivity index (χ0v) is 17.3. The molecule has 0 saturated carbocycles. The summed E-state index contributed by atoms with van der Waals surface area (Å²) in [5.41, 5.74) is 0. The van der Waals surface area contributed by atoms with Crippen molar-refractivity contribution in [1.29, 1.82) is 0 Å². The van der Waals surface area contributed by atoms with Crippen LogP contribution in [0.1, 0.15) is 84.5 Å². The zero-order valence-electron chi connectivity index (χ0n) is 17.3. The maximum absolute atomic E-state index is 11.5. The van der Waals surface area contributed by atoms with E-state index in [1.165, 1.54) is 38.5 Å². The minimum absolute atomic E-state index is 0.117. The number of ether oxygens (including phenoxy) is 4. The summed E-state index contributed by atoms with van der Waals surface area (Å²) >= 11 is 0. The highest BCUT2D eigenvalue weighted by atomic mass is 16.5. The molecule has 0 amide bonds. The Morgan fingerprint density at radius 2 is 1.00 bits per heavy atom. The van der Waals surface area contributed by atoms with Crippen LogP contribution in [0.3, 0.4) is 0 Å². The van der Waals surface area contributed by atoms with Crippen molar-refractivity contribution in [3.8, 4) is 0 Å². The number of hydrogen-bond acceptors (Lipinski definition) is 5. The van der Waals surface area contributed by atoms with Crippen LogP contribution in [0, 0.1) is 0 Å². The fourth-order valence-corrected chi connectivity index (χ4v) is 2.46. The van der Waals surface area contributed by atoms with Gasteiger partial charge in [0.1, 0.15) is 0 Å². The van der Waals surface area contributed by atoms with E-state index in [1.54, 1.807) is 0 Å². The predicted molar refractivity (Wildman–Crippen MR) is 106 cm³/mol. The van der Waals surface area contributed by atoms with Gasteiger partial charge in [-0.2, -0.15) is 0 Å². The Morgan fingerprint density at radius 3 is 1.62 bits per heavy atom. The van der Waals surface area contributed by atoms with Crippen molar-refractivity contribution < 1.29 is 23.7 Å². The highest BCUT2D eigenvalue weighted by molar-refractivity contribution is 5.69. The normalized spacial score (nSPS) is 11.0. The van der Waals surface area contributed by atoms with Gasteiger partial charge >= 0.3 is 5.97 Å². The lowest BCUT2D eigenvalue weighted by Crippen LogP contribution is -2.11. The van der Waals surface area contributed by atoms with E-state index in [1.807, 2.05) is 0 Å². The highest BCUT2D eigenvalue weighted by Gasteiger charge is 2.02. The summed E-state index contributed by atoms with van der Waals surface area (Å²) in [7, 11) is 0. The molecule has 0 heterocycles. The first-order valence-electron chi connectivity index (χ1n) is 10.7. The summed E-state index contributed by atoms with van der Waals surface area (Å²) < 4.78 is 21.6. The molecule has 0 aromatic heterocycles. The maximum atomic E-state index is 11.5. The second-order valence-corrected chi connectivity index (χ2v) is 6.64. The Hall–Kier alpha value is -0.650. The van der Waals surface area contributed by atoms with Crippen LogP contribution < -0.4 is 0 Å². The van der Waals surface area contributed by atoms with Gasteiger partial charge in [-0.25, -0.2) is 0 Å². The molecule has 0 atom stereocenters. The SMILES string of the molecule is CCCCCCCOCCOCCOCCCC(=O)OCCCCCC. The van der Waals surface area contributed by atoms with E-state index >= 15 is 0 Å². The number of esters is 1.